The summed E-state index contributed by atoms with van der Waals surface area (Å²) < 4.78 is 2.43. The lowest BCUT2D eigenvalue weighted by Crippen LogP contribution is -2.35. The maximum atomic E-state index is 12.7. The van der Waals surface area contributed by atoms with Crippen LogP contribution in [-0.2, 0) is 0 Å². The summed E-state index contributed by atoms with van der Waals surface area (Å²) in [5.41, 5.74) is 3.23. The average molecular weight is 384 g/mol. The smallest absolute Gasteiger partial charge is 0.274 e. The Morgan fingerprint density at radius 3 is 2.92 bits per heavy atom. The molecular weight excluding hydrogens is 370 g/mol. The van der Waals surface area contributed by atoms with Crippen LogP contribution in [0.2, 0.25) is 0 Å². The van der Waals surface area contributed by atoms with E-state index in [0.29, 0.717) is 24.4 Å². The van der Waals surface area contributed by atoms with Crippen LogP contribution in [0.5, 0.6) is 0 Å². The molecule has 0 aromatic carbocycles. The minimum Gasteiger partial charge on any atom is -0.333 e. The molecule has 0 saturated heterocycles. The van der Waals surface area contributed by atoms with E-state index in [0.717, 1.165) is 16.6 Å². The fourth-order valence-electron chi connectivity index (χ4n) is 2.76. The summed E-state index contributed by atoms with van der Waals surface area (Å²) in [4.78, 5) is 23.1. The molecule has 1 aliphatic rings. The van der Waals surface area contributed by atoms with E-state index >= 15 is 0 Å². The number of hydrogen-bond donors (Lipinski definition) is 0. The lowest BCUT2D eigenvalue weighted by molar-refractivity contribution is 0.0766. The summed E-state index contributed by atoms with van der Waals surface area (Å²) in [6.07, 6.45) is 8.12. The van der Waals surface area contributed by atoms with Gasteiger partial charge in [0.2, 0.25) is 0 Å². The lowest BCUT2D eigenvalue weighted by Gasteiger charge is -2.25. The van der Waals surface area contributed by atoms with Crippen molar-refractivity contribution in [2.24, 2.45) is 0 Å². The van der Waals surface area contributed by atoms with E-state index < -0.39 is 0 Å². The van der Waals surface area contributed by atoms with Gasteiger partial charge in [0, 0.05) is 37.7 Å². The number of carbonyl (C=O) groups is 1. The van der Waals surface area contributed by atoms with Gasteiger partial charge in [-0.1, -0.05) is 12.1 Å². The van der Waals surface area contributed by atoms with E-state index in [1.807, 2.05) is 18.2 Å². The second-order valence-corrected chi connectivity index (χ2v) is 6.47. The fraction of sp³-hybridized carbons (Fsp3) is 0.176. The van der Waals surface area contributed by atoms with Gasteiger partial charge in [0.25, 0.3) is 5.91 Å². The van der Waals surface area contributed by atoms with Gasteiger partial charge >= 0.3 is 0 Å². The number of aromatic nitrogens is 4. The number of fused-ring (bicyclic) bond motifs is 1. The first kappa shape index (κ1) is 15.0. The highest BCUT2D eigenvalue weighted by Gasteiger charge is 2.22. The Morgan fingerprint density at radius 1 is 1.25 bits per heavy atom. The standard InChI is InChI=1S/C17H14BrN5O/c18-13-10-20-16-9-15(21-23(16)11-13)17(24)22-7-4-12(5-8-22)14-3-1-2-6-19-14/h1-4,6,9-11H,5,7-8H2. The molecule has 0 bridgehead atoms. The van der Waals surface area contributed by atoms with Gasteiger partial charge in [-0.05, 0) is 40.1 Å². The van der Waals surface area contributed by atoms with E-state index in [2.05, 4.69) is 37.1 Å². The highest BCUT2D eigenvalue weighted by atomic mass is 79.9. The third kappa shape index (κ3) is 2.82. The zero-order valence-electron chi connectivity index (χ0n) is 12.8. The molecule has 0 spiro atoms. The number of nitrogens with zero attached hydrogens (tertiary/aromatic N) is 5. The van der Waals surface area contributed by atoms with Crippen molar-refractivity contribution < 1.29 is 4.79 Å². The van der Waals surface area contributed by atoms with Crippen molar-refractivity contribution >= 4 is 33.1 Å². The zero-order chi connectivity index (χ0) is 16.5. The van der Waals surface area contributed by atoms with E-state index in [9.17, 15) is 4.79 Å². The third-order valence-corrected chi connectivity index (χ3v) is 4.40. The Hall–Kier alpha value is -2.54. The Kier molecular flexibility index (Phi) is 3.86. The molecule has 0 aliphatic carbocycles. The quantitative estimate of drug-likeness (QED) is 0.682. The SMILES string of the molecule is O=C(c1cc2ncc(Br)cn2n1)N1CC=C(c2ccccn2)CC1. The van der Waals surface area contributed by atoms with E-state index in [1.54, 1.807) is 34.1 Å². The molecule has 7 heteroatoms. The van der Waals surface area contributed by atoms with Crippen molar-refractivity contribution in [2.75, 3.05) is 13.1 Å². The summed E-state index contributed by atoms with van der Waals surface area (Å²) in [6.45, 7) is 1.22. The summed E-state index contributed by atoms with van der Waals surface area (Å²) in [5, 5.41) is 4.33. The lowest BCUT2D eigenvalue weighted by atomic mass is 10.0. The van der Waals surface area contributed by atoms with E-state index in [1.165, 1.54) is 5.57 Å². The largest absolute Gasteiger partial charge is 0.333 e. The van der Waals surface area contributed by atoms with Crippen LogP contribution < -0.4 is 0 Å². The normalized spacial score (nSPS) is 14.7. The Labute approximate surface area is 147 Å². The molecule has 0 atom stereocenters. The highest BCUT2D eigenvalue weighted by molar-refractivity contribution is 9.10. The molecule has 4 heterocycles. The van der Waals surface area contributed by atoms with Crippen LogP contribution in [0.25, 0.3) is 11.2 Å². The molecule has 6 nitrogen and oxygen atoms in total. The zero-order valence-corrected chi connectivity index (χ0v) is 14.3. The fourth-order valence-corrected chi connectivity index (χ4v) is 3.06. The van der Waals surface area contributed by atoms with Gasteiger partial charge in [0.05, 0.1) is 10.2 Å². The number of rotatable bonds is 2. The van der Waals surface area contributed by atoms with Gasteiger partial charge in [0.15, 0.2) is 11.3 Å². The maximum absolute atomic E-state index is 12.7. The summed E-state index contributed by atoms with van der Waals surface area (Å²) in [6, 6.07) is 7.59. The van der Waals surface area contributed by atoms with Crippen LogP contribution in [0, 0.1) is 0 Å². The number of pyridine rings is 1. The van der Waals surface area contributed by atoms with Gasteiger partial charge in [-0.25, -0.2) is 9.50 Å². The molecule has 0 saturated carbocycles. The topological polar surface area (TPSA) is 63.4 Å². The van der Waals surface area contributed by atoms with E-state index in [-0.39, 0.29) is 5.91 Å². The van der Waals surface area contributed by atoms with Crippen molar-refractivity contribution in [3.8, 4) is 0 Å². The monoisotopic (exact) mass is 383 g/mol. The van der Waals surface area contributed by atoms with Crippen LogP contribution in [-0.4, -0.2) is 43.5 Å². The second-order valence-electron chi connectivity index (χ2n) is 5.55. The molecule has 0 N–H and O–H groups in total. The number of amides is 1. The minimum atomic E-state index is -0.0760. The Bertz CT molecular complexity index is 935. The molecular formula is C17H14BrN5O. The molecule has 120 valence electrons. The first-order valence-electron chi connectivity index (χ1n) is 7.61. The van der Waals surface area contributed by atoms with Crippen molar-refractivity contribution in [3.05, 3.63) is 64.8 Å². The van der Waals surface area contributed by atoms with Crippen LogP contribution in [0.15, 0.2) is 53.4 Å². The number of carbonyl (C=O) groups excluding carboxylic acids is 1. The van der Waals surface area contributed by atoms with Gasteiger partial charge in [0.1, 0.15) is 0 Å². The van der Waals surface area contributed by atoms with Gasteiger partial charge in [-0.15, -0.1) is 0 Å². The van der Waals surface area contributed by atoms with Crippen molar-refractivity contribution in [1.82, 2.24) is 24.5 Å². The predicted octanol–water partition coefficient (Wildman–Crippen LogP) is 2.82. The van der Waals surface area contributed by atoms with E-state index in [4.69, 9.17) is 0 Å². The van der Waals surface area contributed by atoms with Crippen LogP contribution in [0.3, 0.4) is 0 Å². The first-order chi connectivity index (χ1) is 11.7. The van der Waals surface area contributed by atoms with Crippen LogP contribution in [0.1, 0.15) is 22.6 Å². The van der Waals surface area contributed by atoms with Gasteiger partial charge < -0.3 is 4.90 Å². The summed E-state index contributed by atoms with van der Waals surface area (Å²) >= 11 is 3.35. The van der Waals surface area contributed by atoms with Crippen LogP contribution >= 0.6 is 15.9 Å². The third-order valence-electron chi connectivity index (χ3n) is 3.99. The van der Waals surface area contributed by atoms with Gasteiger partial charge in [-0.2, -0.15) is 5.10 Å². The highest BCUT2D eigenvalue weighted by Crippen LogP contribution is 2.21. The predicted molar refractivity (Wildman–Crippen MR) is 93.4 cm³/mol. The maximum Gasteiger partial charge on any atom is 0.274 e. The second kappa shape index (κ2) is 6.16. The van der Waals surface area contributed by atoms with Crippen molar-refractivity contribution in [2.45, 2.75) is 6.42 Å². The summed E-state index contributed by atoms with van der Waals surface area (Å²) in [7, 11) is 0. The summed E-state index contributed by atoms with van der Waals surface area (Å²) in [5.74, 6) is -0.0760. The first-order valence-corrected chi connectivity index (χ1v) is 8.41. The average Bonchev–Trinajstić information content (AvgIpc) is 3.05. The minimum absolute atomic E-state index is 0.0760. The van der Waals surface area contributed by atoms with Crippen LogP contribution in [0.4, 0.5) is 0 Å². The number of halogens is 1. The Balaban J connectivity index is 1.54. The van der Waals surface area contributed by atoms with Crippen molar-refractivity contribution in [1.29, 1.82) is 0 Å². The van der Waals surface area contributed by atoms with Gasteiger partial charge in [-0.3, -0.25) is 9.78 Å². The molecule has 3 aromatic heterocycles. The molecule has 24 heavy (non-hydrogen) atoms. The molecule has 0 radical (unpaired) electrons. The molecule has 1 amide bonds. The van der Waals surface area contributed by atoms with Crippen molar-refractivity contribution in [3.63, 3.8) is 0 Å². The molecule has 0 fully saturated rings. The molecule has 0 unspecified atom stereocenters. The Morgan fingerprint density at radius 2 is 2.17 bits per heavy atom. The number of hydrogen-bond acceptors (Lipinski definition) is 4. The molecule has 3 aromatic rings. The molecule has 4 rings (SSSR count). The molecule has 1 aliphatic heterocycles.